The molecule has 0 aliphatic rings. The molecular formula is C11H14N2O2S3. The van der Waals surface area contributed by atoms with Crippen molar-refractivity contribution in [2.24, 2.45) is 0 Å². The quantitative estimate of drug-likeness (QED) is 0.871. The van der Waals surface area contributed by atoms with Crippen LogP contribution in [0.1, 0.15) is 21.1 Å². The molecule has 4 nitrogen and oxygen atoms in total. The van der Waals surface area contributed by atoms with Gasteiger partial charge in [0.15, 0.2) is 0 Å². The van der Waals surface area contributed by atoms with Crippen LogP contribution in [0.25, 0.3) is 0 Å². The van der Waals surface area contributed by atoms with E-state index in [0.29, 0.717) is 6.42 Å². The molecule has 0 saturated heterocycles. The molecule has 18 heavy (non-hydrogen) atoms. The van der Waals surface area contributed by atoms with Crippen molar-refractivity contribution < 1.29 is 8.42 Å². The predicted octanol–water partition coefficient (Wildman–Crippen LogP) is 2.54. The zero-order valence-electron chi connectivity index (χ0n) is 10.4. The zero-order valence-corrected chi connectivity index (χ0v) is 12.9. The van der Waals surface area contributed by atoms with Crippen LogP contribution in [0.4, 0.5) is 0 Å². The number of aromatic nitrogens is 2. The largest absolute Gasteiger partial charge is 0.250 e. The molecule has 0 saturated carbocycles. The Morgan fingerprint density at radius 3 is 2.44 bits per heavy atom. The summed E-state index contributed by atoms with van der Waals surface area (Å²) in [4.78, 5) is 10.2. The van der Waals surface area contributed by atoms with Gasteiger partial charge in [-0.1, -0.05) is 0 Å². The van der Waals surface area contributed by atoms with Crippen LogP contribution in [0.15, 0.2) is 9.85 Å². The summed E-state index contributed by atoms with van der Waals surface area (Å²) >= 11 is 2.75. The van der Waals surface area contributed by atoms with Gasteiger partial charge in [-0.2, -0.15) is 0 Å². The summed E-state index contributed by atoms with van der Waals surface area (Å²) in [5.41, 5.74) is 3.46. The number of sulfone groups is 1. The maximum absolute atomic E-state index is 12.1. The number of rotatable bonds is 4. The molecule has 0 aliphatic carbocycles. The Bertz CT molecular complexity index is 636. The van der Waals surface area contributed by atoms with Crippen molar-refractivity contribution in [3.05, 3.63) is 26.7 Å². The Morgan fingerprint density at radius 1 is 1.22 bits per heavy atom. The van der Waals surface area contributed by atoms with E-state index < -0.39 is 9.84 Å². The topological polar surface area (TPSA) is 59.9 Å². The number of hydrogen-bond acceptors (Lipinski definition) is 6. The van der Waals surface area contributed by atoms with E-state index in [1.807, 2.05) is 20.8 Å². The Labute approximate surface area is 115 Å². The van der Waals surface area contributed by atoms with Crippen LogP contribution in [0.5, 0.6) is 0 Å². The molecule has 0 amide bonds. The van der Waals surface area contributed by atoms with Crippen LogP contribution in [0.2, 0.25) is 0 Å². The highest BCUT2D eigenvalue weighted by atomic mass is 32.2. The molecular weight excluding hydrogens is 288 g/mol. The number of aryl methyl sites for hydroxylation is 4. The third-order valence-electron chi connectivity index (χ3n) is 2.72. The van der Waals surface area contributed by atoms with Crippen LogP contribution in [-0.4, -0.2) is 24.1 Å². The van der Waals surface area contributed by atoms with Crippen molar-refractivity contribution in [1.29, 1.82) is 0 Å². The lowest BCUT2D eigenvalue weighted by atomic mass is 10.3. The Morgan fingerprint density at radius 2 is 1.94 bits per heavy atom. The molecule has 0 N–H and O–H groups in total. The molecule has 0 atom stereocenters. The molecule has 2 aromatic heterocycles. The predicted molar refractivity (Wildman–Crippen MR) is 74.2 cm³/mol. The van der Waals surface area contributed by atoms with Gasteiger partial charge in [0.25, 0.3) is 0 Å². The maximum atomic E-state index is 12.1. The van der Waals surface area contributed by atoms with Gasteiger partial charge in [0.1, 0.15) is 0 Å². The van der Waals surface area contributed by atoms with Gasteiger partial charge in [-0.3, -0.25) is 0 Å². The van der Waals surface area contributed by atoms with E-state index in [-0.39, 0.29) is 10.1 Å². The molecule has 7 heteroatoms. The van der Waals surface area contributed by atoms with Crippen molar-refractivity contribution in [3.8, 4) is 0 Å². The normalized spacial score (nSPS) is 11.9. The van der Waals surface area contributed by atoms with E-state index in [1.165, 1.54) is 22.7 Å². The minimum Gasteiger partial charge on any atom is -0.250 e. The fourth-order valence-corrected chi connectivity index (χ4v) is 5.06. The van der Waals surface area contributed by atoms with Gasteiger partial charge >= 0.3 is 0 Å². The van der Waals surface area contributed by atoms with E-state index in [9.17, 15) is 8.42 Å². The standard InChI is InChI=1S/C11H14N2O2S3/c1-7-9(3)17-11(13-7)18(14,15)5-4-10-8(2)12-6-16-10/h6H,4-5H2,1-3H3. The number of thiazole rings is 2. The molecule has 98 valence electrons. The van der Waals surface area contributed by atoms with Gasteiger partial charge in [-0.25, -0.2) is 18.4 Å². The van der Waals surface area contributed by atoms with E-state index in [2.05, 4.69) is 9.97 Å². The van der Waals surface area contributed by atoms with Crippen molar-refractivity contribution in [3.63, 3.8) is 0 Å². The first-order valence-electron chi connectivity index (χ1n) is 5.46. The summed E-state index contributed by atoms with van der Waals surface area (Å²) in [6, 6.07) is 0. The molecule has 0 aromatic carbocycles. The molecule has 0 fully saturated rings. The molecule has 0 aliphatic heterocycles. The van der Waals surface area contributed by atoms with Crippen LogP contribution < -0.4 is 0 Å². The highest BCUT2D eigenvalue weighted by Gasteiger charge is 2.20. The molecule has 2 heterocycles. The molecule has 0 bridgehead atoms. The molecule has 0 unspecified atom stereocenters. The molecule has 2 rings (SSSR count). The summed E-state index contributed by atoms with van der Waals surface area (Å²) in [5, 5.41) is 0. The van der Waals surface area contributed by atoms with Crippen LogP contribution in [0, 0.1) is 20.8 Å². The first kappa shape index (κ1) is 13.6. The van der Waals surface area contributed by atoms with E-state index in [1.54, 1.807) is 5.51 Å². The third kappa shape index (κ3) is 2.78. The van der Waals surface area contributed by atoms with Crippen molar-refractivity contribution in [2.75, 3.05) is 5.75 Å². The summed E-state index contributed by atoms with van der Waals surface area (Å²) in [6.07, 6.45) is 0.510. The average Bonchev–Trinajstić information content (AvgIpc) is 2.84. The highest BCUT2D eigenvalue weighted by molar-refractivity contribution is 7.93. The minimum absolute atomic E-state index is 0.0996. The lowest BCUT2D eigenvalue weighted by Gasteiger charge is -1.99. The summed E-state index contributed by atoms with van der Waals surface area (Å²) in [5.74, 6) is 0.0996. The summed E-state index contributed by atoms with van der Waals surface area (Å²) in [6.45, 7) is 5.62. The average molecular weight is 302 g/mol. The Hall–Kier alpha value is -0.790. The summed E-state index contributed by atoms with van der Waals surface area (Å²) < 4.78 is 24.5. The third-order valence-corrected chi connectivity index (χ3v) is 6.96. The van der Waals surface area contributed by atoms with Crippen LogP contribution >= 0.6 is 22.7 Å². The van der Waals surface area contributed by atoms with Crippen molar-refractivity contribution in [1.82, 2.24) is 9.97 Å². The van der Waals surface area contributed by atoms with Gasteiger partial charge in [0, 0.05) is 9.75 Å². The van der Waals surface area contributed by atoms with Crippen LogP contribution in [0.3, 0.4) is 0 Å². The van der Waals surface area contributed by atoms with Crippen molar-refractivity contribution >= 4 is 32.5 Å². The number of nitrogens with zero attached hydrogens (tertiary/aromatic N) is 2. The second kappa shape index (κ2) is 5.07. The molecule has 0 spiro atoms. The van der Waals surface area contributed by atoms with Crippen molar-refractivity contribution in [2.45, 2.75) is 31.5 Å². The SMILES string of the molecule is Cc1nc(S(=O)(=O)CCc2scnc2C)sc1C. The lowest BCUT2D eigenvalue weighted by Crippen LogP contribution is -2.09. The Balaban J connectivity index is 2.15. The van der Waals surface area contributed by atoms with Crippen LogP contribution in [-0.2, 0) is 16.3 Å². The van der Waals surface area contributed by atoms with Gasteiger partial charge in [-0.05, 0) is 27.2 Å². The Kier molecular flexibility index (Phi) is 3.84. The molecule has 0 radical (unpaired) electrons. The number of hydrogen-bond donors (Lipinski definition) is 0. The van der Waals surface area contributed by atoms with E-state index >= 15 is 0 Å². The molecule has 2 aromatic rings. The van der Waals surface area contributed by atoms with E-state index in [4.69, 9.17) is 0 Å². The second-order valence-corrected chi connectivity index (χ2v) is 8.48. The van der Waals surface area contributed by atoms with Gasteiger partial charge in [0.05, 0.1) is 22.7 Å². The van der Waals surface area contributed by atoms with Gasteiger partial charge in [-0.15, -0.1) is 22.7 Å². The zero-order chi connectivity index (χ0) is 13.3. The first-order valence-corrected chi connectivity index (χ1v) is 8.81. The fourth-order valence-electron chi connectivity index (χ4n) is 1.46. The lowest BCUT2D eigenvalue weighted by molar-refractivity contribution is 0.594. The summed E-state index contributed by atoms with van der Waals surface area (Å²) in [7, 11) is -3.27. The second-order valence-electron chi connectivity index (χ2n) is 4.05. The fraction of sp³-hybridized carbons (Fsp3) is 0.455. The first-order chi connectivity index (χ1) is 8.40. The maximum Gasteiger partial charge on any atom is 0.209 e. The van der Waals surface area contributed by atoms with Gasteiger partial charge < -0.3 is 0 Å². The monoisotopic (exact) mass is 302 g/mol. The van der Waals surface area contributed by atoms with Gasteiger partial charge in [0.2, 0.25) is 14.2 Å². The smallest absolute Gasteiger partial charge is 0.209 e. The minimum atomic E-state index is -3.27. The highest BCUT2D eigenvalue weighted by Crippen LogP contribution is 2.23. The van der Waals surface area contributed by atoms with E-state index in [0.717, 1.165) is 21.1 Å².